The van der Waals surface area contributed by atoms with Crippen molar-refractivity contribution in [3.8, 4) is 5.75 Å². The van der Waals surface area contributed by atoms with Gasteiger partial charge in [0.1, 0.15) is 11.9 Å². The number of likely N-dealkylation sites (tertiary alicyclic amines) is 1. The summed E-state index contributed by atoms with van der Waals surface area (Å²) < 4.78 is 5.98. The normalized spacial score (nSPS) is 18.5. The van der Waals surface area contributed by atoms with Gasteiger partial charge in [0.15, 0.2) is 0 Å². The molecule has 2 heterocycles. The Morgan fingerprint density at radius 3 is 2.81 bits per heavy atom. The molecule has 0 saturated carbocycles. The minimum Gasteiger partial charge on any atom is -0.489 e. The van der Waals surface area contributed by atoms with Gasteiger partial charge in [-0.3, -0.25) is 4.79 Å². The van der Waals surface area contributed by atoms with E-state index in [4.69, 9.17) is 4.74 Å². The van der Waals surface area contributed by atoms with Gasteiger partial charge in [-0.2, -0.15) is 0 Å². The lowest BCUT2D eigenvalue weighted by Crippen LogP contribution is -2.44. The highest BCUT2D eigenvalue weighted by Crippen LogP contribution is 2.20. The summed E-state index contributed by atoms with van der Waals surface area (Å²) in [6, 6.07) is 11.7. The largest absolute Gasteiger partial charge is 0.489 e. The molecular formula is C17H20N2O2. The topological polar surface area (TPSA) is 45.3 Å². The number of hydrogen-bond acceptors (Lipinski definition) is 2. The van der Waals surface area contributed by atoms with Crippen LogP contribution in [0.3, 0.4) is 0 Å². The molecule has 1 unspecified atom stereocenters. The molecule has 1 aromatic heterocycles. The van der Waals surface area contributed by atoms with Crippen molar-refractivity contribution in [1.29, 1.82) is 0 Å². The number of aryl methyl sites for hydroxylation is 1. The number of ether oxygens (including phenoxy) is 1. The molecule has 1 atom stereocenters. The summed E-state index contributed by atoms with van der Waals surface area (Å²) in [6.07, 6.45) is 3.85. The third kappa shape index (κ3) is 3.10. The number of carbonyl (C=O) groups is 1. The number of benzene rings is 1. The number of para-hydroxylation sites is 1. The summed E-state index contributed by atoms with van der Waals surface area (Å²) in [5, 5.41) is 0. The van der Waals surface area contributed by atoms with Gasteiger partial charge < -0.3 is 14.6 Å². The maximum Gasteiger partial charge on any atom is 0.255 e. The lowest BCUT2D eigenvalue weighted by atomic mass is 10.1. The van der Waals surface area contributed by atoms with Crippen molar-refractivity contribution in [2.24, 2.45) is 0 Å². The van der Waals surface area contributed by atoms with Crippen molar-refractivity contribution >= 4 is 5.91 Å². The van der Waals surface area contributed by atoms with Crippen LogP contribution < -0.4 is 4.74 Å². The molecule has 1 aliphatic heterocycles. The Kier molecular flexibility index (Phi) is 3.95. The summed E-state index contributed by atoms with van der Waals surface area (Å²) >= 11 is 0. The minimum atomic E-state index is 0.0735. The zero-order chi connectivity index (χ0) is 14.7. The van der Waals surface area contributed by atoms with Gasteiger partial charge in [-0.25, -0.2) is 0 Å². The molecule has 0 bridgehead atoms. The summed E-state index contributed by atoms with van der Waals surface area (Å²) in [7, 11) is 0. The van der Waals surface area contributed by atoms with E-state index in [9.17, 15) is 4.79 Å². The number of rotatable bonds is 3. The van der Waals surface area contributed by atoms with E-state index in [1.54, 1.807) is 0 Å². The van der Waals surface area contributed by atoms with Crippen molar-refractivity contribution in [2.45, 2.75) is 25.9 Å². The second-order valence-electron chi connectivity index (χ2n) is 5.46. The van der Waals surface area contributed by atoms with Gasteiger partial charge in [0.25, 0.3) is 5.91 Å². The van der Waals surface area contributed by atoms with Crippen molar-refractivity contribution in [3.05, 3.63) is 53.9 Å². The summed E-state index contributed by atoms with van der Waals surface area (Å²) in [6.45, 7) is 3.38. The third-order valence-corrected chi connectivity index (χ3v) is 3.90. The second-order valence-corrected chi connectivity index (χ2v) is 5.46. The number of H-pyrrole nitrogens is 1. The number of hydrogen-bond donors (Lipinski definition) is 1. The molecule has 0 spiro atoms. The van der Waals surface area contributed by atoms with E-state index in [1.807, 2.05) is 54.4 Å². The fraction of sp³-hybridized carbons (Fsp3) is 0.353. The Balaban J connectivity index is 1.66. The number of carbonyl (C=O) groups excluding carboxylic acids is 1. The van der Waals surface area contributed by atoms with Crippen LogP contribution >= 0.6 is 0 Å². The molecule has 110 valence electrons. The van der Waals surface area contributed by atoms with Crippen molar-refractivity contribution in [2.75, 3.05) is 13.1 Å². The Bertz CT molecular complexity index is 606. The van der Waals surface area contributed by atoms with E-state index in [0.717, 1.165) is 36.4 Å². The second kappa shape index (κ2) is 6.04. The molecule has 1 aliphatic rings. The van der Waals surface area contributed by atoms with Crippen LogP contribution in [0.25, 0.3) is 0 Å². The Hall–Kier alpha value is -2.23. The predicted octanol–water partition coefficient (Wildman–Crippen LogP) is 3.01. The summed E-state index contributed by atoms with van der Waals surface area (Å²) in [4.78, 5) is 17.5. The molecule has 4 nitrogen and oxygen atoms in total. The van der Waals surface area contributed by atoms with Gasteiger partial charge in [0, 0.05) is 18.4 Å². The van der Waals surface area contributed by atoms with E-state index in [0.29, 0.717) is 6.54 Å². The van der Waals surface area contributed by atoms with Gasteiger partial charge in [0.05, 0.1) is 12.1 Å². The molecule has 1 N–H and O–H groups in total. The SMILES string of the molecule is Cc1[nH]ccc1C(=O)N1CCCC(Oc2ccccc2)C1. The fourth-order valence-electron chi connectivity index (χ4n) is 2.77. The van der Waals surface area contributed by atoms with Crippen molar-refractivity contribution < 1.29 is 9.53 Å². The number of nitrogens with zero attached hydrogens (tertiary/aromatic N) is 1. The predicted molar refractivity (Wildman–Crippen MR) is 81.5 cm³/mol. The monoisotopic (exact) mass is 284 g/mol. The molecule has 4 heteroatoms. The molecule has 1 fully saturated rings. The maximum atomic E-state index is 12.5. The lowest BCUT2D eigenvalue weighted by molar-refractivity contribution is 0.0537. The van der Waals surface area contributed by atoms with E-state index < -0.39 is 0 Å². The average Bonchev–Trinajstić information content (AvgIpc) is 2.94. The Morgan fingerprint density at radius 2 is 2.10 bits per heavy atom. The molecule has 3 rings (SSSR count). The van der Waals surface area contributed by atoms with E-state index in [-0.39, 0.29) is 12.0 Å². The molecular weight excluding hydrogens is 264 g/mol. The van der Waals surface area contributed by atoms with Gasteiger partial charge in [0.2, 0.25) is 0 Å². The first-order valence-electron chi connectivity index (χ1n) is 7.39. The molecule has 0 aliphatic carbocycles. The first-order chi connectivity index (χ1) is 10.2. The zero-order valence-electron chi connectivity index (χ0n) is 12.2. The van der Waals surface area contributed by atoms with Crippen molar-refractivity contribution in [3.63, 3.8) is 0 Å². The summed E-state index contributed by atoms with van der Waals surface area (Å²) in [5.74, 6) is 0.963. The van der Waals surface area contributed by atoms with Crippen LogP contribution in [0.1, 0.15) is 28.9 Å². The van der Waals surface area contributed by atoms with Crippen molar-refractivity contribution in [1.82, 2.24) is 9.88 Å². The van der Waals surface area contributed by atoms with Crippen LogP contribution in [0.2, 0.25) is 0 Å². The van der Waals surface area contributed by atoms with Crippen LogP contribution in [-0.4, -0.2) is 35.0 Å². The summed E-state index contributed by atoms with van der Waals surface area (Å²) in [5.41, 5.74) is 1.68. The fourth-order valence-corrected chi connectivity index (χ4v) is 2.77. The molecule has 2 aromatic rings. The highest BCUT2D eigenvalue weighted by atomic mass is 16.5. The third-order valence-electron chi connectivity index (χ3n) is 3.90. The number of aromatic amines is 1. The maximum absolute atomic E-state index is 12.5. The van der Waals surface area contributed by atoms with Crippen LogP contribution in [0.5, 0.6) is 5.75 Å². The highest BCUT2D eigenvalue weighted by molar-refractivity contribution is 5.95. The molecule has 0 radical (unpaired) electrons. The van der Waals surface area contributed by atoms with Gasteiger partial charge >= 0.3 is 0 Å². The molecule has 1 amide bonds. The zero-order valence-corrected chi connectivity index (χ0v) is 12.2. The number of piperidine rings is 1. The first-order valence-corrected chi connectivity index (χ1v) is 7.39. The number of amides is 1. The van der Waals surface area contributed by atoms with Gasteiger partial charge in [-0.1, -0.05) is 18.2 Å². The minimum absolute atomic E-state index is 0.0735. The van der Waals surface area contributed by atoms with E-state index in [2.05, 4.69) is 4.98 Å². The van der Waals surface area contributed by atoms with E-state index >= 15 is 0 Å². The average molecular weight is 284 g/mol. The van der Waals surface area contributed by atoms with Gasteiger partial charge in [-0.05, 0) is 38.0 Å². The first kappa shape index (κ1) is 13.7. The number of aromatic nitrogens is 1. The molecule has 1 saturated heterocycles. The van der Waals surface area contributed by atoms with Crippen LogP contribution in [-0.2, 0) is 0 Å². The molecule has 1 aromatic carbocycles. The highest BCUT2D eigenvalue weighted by Gasteiger charge is 2.26. The standard InChI is InChI=1S/C17H20N2O2/c1-13-16(9-10-18-13)17(20)19-11-5-8-15(12-19)21-14-6-3-2-4-7-14/h2-4,6-7,9-10,15,18H,5,8,11-12H2,1H3. The van der Waals surface area contributed by atoms with Crippen LogP contribution in [0.15, 0.2) is 42.6 Å². The Labute approximate surface area is 124 Å². The van der Waals surface area contributed by atoms with Crippen LogP contribution in [0, 0.1) is 6.92 Å². The van der Waals surface area contributed by atoms with Crippen LogP contribution in [0.4, 0.5) is 0 Å². The number of nitrogens with one attached hydrogen (secondary N) is 1. The smallest absolute Gasteiger partial charge is 0.255 e. The lowest BCUT2D eigenvalue weighted by Gasteiger charge is -2.33. The Morgan fingerprint density at radius 1 is 1.29 bits per heavy atom. The quantitative estimate of drug-likeness (QED) is 0.941. The van der Waals surface area contributed by atoms with Gasteiger partial charge in [-0.15, -0.1) is 0 Å². The van der Waals surface area contributed by atoms with E-state index in [1.165, 1.54) is 0 Å². The molecule has 21 heavy (non-hydrogen) atoms.